The Labute approximate surface area is 153 Å². The summed E-state index contributed by atoms with van der Waals surface area (Å²) >= 11 is 0. The van der Waals surface area contributed by atoms with Gasteiger partial charge in [-0.25, -0.2) is 0 Å². The SMILES string of the molecule is O=C(NCCc1ccccc1)C(=O)Nc1ccccc1N1CCOCC1. The van der Waals surface area contributed by atoms with Crippen LogP contribution in [0.3, 0.4) is 0 Å². The number of benzene rings is 2. The summed E-state index contributed by atoms with van der Waals surface area (Å²) in [7, 11) is 0. The van der Waals surface area contributed by atoms with E-state index in [1.807, 2.05) is 48.5 Å². The monoisotopic (exact) mass is 353 g/mol. The Morgan fingerprint density at radius 1 is 0.923 bits per heavy atom. The van der Waals surface area contributed by atoms with Gasteiger partial charge in [-0.15, -0.1) is 0 Å². The van der Waals surface area contributed by atoms with E-state index < -0.39 is 11.8 Å². The van der Waals surface area contributed by atoms with Gasteiger partial charge in [-0.05, 0) is 24.1 Å². The third-order valence-electron chi connectivity index (χ3n) is 4.25. The summed E-state index contributed by atoms with van der Waals surface area (Å²) in [5, 5.41) is 5.39. The highest BCUT2D eigenvalue weighted by molar-refractivity contribution is 6.39. The lowest BCUT2D eigenvalue weighted by Crippen LogP contribution is -2.38. The molecule has 1 heterocycles. The highest BCUT2D eigenvalue weighted by atomic mass is 16.5. The van der Waals surface area contributed by atoms with E-state index in [0.717, 1.165) is 24.3 Å². The molecule has 1 aliphatic heterocycles. The maximum Gasteiger partial charge on any atom is 0.313 e. The van der Waals surface area contributed by atoms with Crippen LogP contribution in [0.25, 0.3) is 0 Å². The average molecular weight is 353 g/mol. The van der Waals surface area contributed by atoms with Gasteiger partial charge in [0, 0.05) is 19.6 Å². The van der Waals surface area contributed by atoms with Crippen molar-refractivity contribution in [2.45, 2.75) is 6.42 Å². The van der Waals surface area contributed by atoms with Crippen LogP contribution in [-0.2, 0) is 20.7 Å². The summed E-state index contributed by atoms with van der Waals surface area (Å²) in [5.41, 5.74) is 2.66. The molecule has 0 atom stereocenters. The predicted octanol–water partition coefficient (Wildman–Crippen LogP) is 1.82. The van der Waals surface area contributed by atoms with Crippen molar-refractivity contribution in [2.75, 3.05) is 43.1 Å². The van der Waals surface area contributed by atoms with Gasteiger partial charge in [0.2, 0.25) is 0 Å². The van der Waals surface area contributed by atoms with Gasteiger partial charge in [0.05, 0.1) is 24.6 Å². The van der Waals surface area contributed by atoms with Crippen molar-refractivity contribution in [2.24, 2.45) is 0 Å². The minimum Gasteiger partial charge on any atom is -0.378 e. The van der Waals surface area contributed by atoms with Gasteiger partial charge in [0.1, 0.15) is 0 Å². The van der Waals surface area contributed by atoms with Crippen molar-refractivity contribution < 1.29 is 14.3 Å². The maximum absolute atomic E-state index is 12.2. The molecule has 1 aliphatic rings. The Kier molecular flexibility index (Phi) is 6.22. The van der Waals surface area contributed by atoms with Gasteiger partial charge in [0.15, 0.2) is 0 Å². The van der Waals surface area contributed by atoms with Crippen molar-refractivity contribution in [3.05, 3.63) is 60.2 Å². The molecule has 6 nitrogen and oxygen atoms in total. The predicted molar refractivity (Wildman–Crippen MR) is 101 cm³/mol. The van der Waals surface area contributed by atoms with Crippen molar-refractivity contribution in [1.29, 1.82) is 0 Å². The molecule has 2 N–H and O–H groups in total. The third kappa shape index (κ3) is 4.83. The number of nitrogens with zero attached hydrogens (tertiary/aromatic N) is 1. The topological polar surface area (TPSA) is 70.7 Å². The number of hydrogen-bond donors (Lipinski definition) is 2. The largest absolute Gasteiger partial charge is 0.378 e. The number of para-hydroxylation sites is 2. The Hall–Kier alpha value is -2.86. The van der Waals surface area contributed by atoms with Crippen LogP contribution in [0.2, 0.25) is 0 Å². The lowest BCUT2D eigenvalue weighted by molar-refractivity contribution is -0.136. The number of morpholine rings is 1. The molecule has 0 unspecified atom stereocenters. The van der Waals surface area contributed by atoms with Gasteiger partial charge >= 0.3 is 11.8 Å². The molecule has 0 aromatic heterocycles. The maximum atomic E-state index is 12.2. The highest BCUT2D eigenvalue weighted by Crippen LogP contribution is 2.26. The molecule has 1 fully saturated rings. The van der Waals surface area contributed by atoms with Crippen LogP contribution in [0.5, 0.6) is 0 Å². The summed E-state index contributed by atoms with van der Waals surface area (Å²) in [6.45, 7) is 3.25. The van der Waals surface area contributed by atoms with Crippen LogP contribution in [0.1, 0.15) is 5.56 Å². The zero-order chi connectivity index (χ0) is 18.2. The normalized spacial score (nSPS) is 13.9. The molecule has 0 radical (unpaired) electrons. The van der Waals surface area contributed by atoms with Crippen molar-refractivity contribution in [1.82, 2.24) is 5.32 Å². The highest BCUT2D eigenvalue weighted by Gasteiger charge is 2.18. The number of nitrogens with one attached hydrogen (secondary N) is 2. The molecule has 136 valence electrons. The molecule has 0 aliphatic carbocycles. The summed E-state index contributed by atoms with van der Waals surface area (Å²) in [6.07, 6.45) is 0.685. The third-order valence-corrected chi connectivity index (χ3v) is 4.25. The van der Waals surface area contributed by atoms with Gasteiger partial charge in [0.25, 0.3) is 0 Å². The fourth-order valence-electron chi connectivity index (χ4n) is 2.88. The van der Waals surface area contributed by atoms with Crippen LogP contribution in [0.15, 0.2) is 54.6 Å². The Morgan fingerprint density at radius 3 is 2.38 bits per heavy atom. The minimum absolute atomic E-state index is 0.418. The van der Waals surface area contributed by atoms with Crippen LogP contribution < -0.4 is 15.5 Å². The number of ether oxygens (including phenoxy) is 1. The second-order valence-electron chi connectivity index (χ2n) is 6.06. The van der Waals surface area contributed by atoms with Crippen LogP contribution in [-0.4, -0.2) is 44.7 Å². The van der Waals surface area contributed by atoms with Crippen molar-refractivity contribution >= 4 is 23.2 Å². The molecule has 6 heteroatoms. The van der Waals surface area contributed by atoms with E-state index >= 15 is 0 Å². The van der Waals surface area contributed by atoms with E-state index in [-0.39, 0.29) is 0 Å². The fourth-order valence-corrected chi connectivity index (χ4v) is 2.88. The van der Waals surface area contributed by atoms with Gasteiger partial charge in [-0.1, -0.05) is 42.5 Å². The second-order valence-corrected chi connectivity index (χ2v) is 6.06. The van der Waals surface area contributed by atoms with E-state index in [2.05, 4.69) is 15.5 Å². The molecular formula is C20H23N3O3. The number of rotatable bonds is 5. The summed E-state index contributed by atoms with van der Waals surface area (Å²) in [4.78, 5) is 26.4. The number of amides is 2. The van der Waals surface area contributed by atoms with Crippen LogP contribution in [0.4, 0.5) is 11.4 Å². The zero-order valence-corrected chi connectivity index (χ0v) is 14.6. The fraction of sp³-hybridized carbons (Fsp3) is 0.300. The standard InChI is InChI=1S/C20H23N3O3/c24-19(21-11-10-16-6-2-1-3-7-16)20(25)22-17-8-4-5-9-18(17)23-12-14-26-15-13-23/h1-9H,10-15H2,(H,21,24)(H,22,25). The first kappa shape index (κ1) is 17.9. The van der Waals surface area contributed by atoms with Crippen molar-refractivity contribution in [3.63, 3.8) is 0 Å². The summed E-state index contributed by atoms with van der Waals surface area (Å²) < 4.78 is 5.37. The molecule has 0 spiro atoms. The summed E-state index contributed by atoms with van der Waals surface area (Å²) in [5.74, 6) is -1.28. The van der Waals surface area contributed by atoms with Gasteiger partial charge < -0.3 is 20.3 Å². The molecule has 2 aromatic rings. The summed E-state index contributed by atoms with van der Waals surface area (Å²) in [6, 6.07) is 17.3. The van der Waals surface area contributed by atoms with Crippen LogP contribution >= 0.6 is 0 Å². The number of anilines is 2. The molecule has 1 saturated heterocycles. The Bertz CT molecular complexity index is 743. The smallest absolute Gasteiger partial charge is 0.313 e. The first-order valence-corrected chi connectivity index (χ1v) is 8.79. The molecule has 2 aromatic carbocycles. The second kappa shape index (κ2) is 9.01. The van der Waals surface area contributed by atoms with Crippen LogP contribution in [0, 0.1) is 0 Å². The van der Waals surface area contributed by atoms with Gasteiger partial charge in [-0.2, -0.15) is 0 Å². The Balaban J connectivity index is 1.54. The van der Waals surface area contributed by atoms with E-state index in [1.54, 1.807) is 6.07 Å². The van der Waals surface area contributed by atoms with E-state index in [0.29, 0.717) is 31.9 Å². The zero-order valence-electron chi connectivity index (χ0n) is 14.6. The molecular weight excluding hydrogens is 330 g/mol. The molecule has 0 bridgehead atoms. The molecule has 26 heavy (non-hydrogen) atoms. The van der Waals surface area contributed by atoms with Crippen molar-refractivity contribution in [3.8, 4) is 0 Å². The quantitative estimate of drug-likeness (QED) is 0.805. The number of carbonyl (C=O) groups is 2. The number of hydrogen-bond acceptors (Lipinski definition) is 4. The average Bonchev–Trinajstić information content (AvgIpc) is 2.70. The van der Waals surface area contributed by atoms with Gasteiger partial charge in [-0.3, -0.25) is 9.59 Å². The first-order chi connectivity index (χ1) is 12.7. The minimum atomic E-state index is -0.654. The van der Waals surface area contributed by atoms with E-state index in [1.165, 1.54) is 0 Å². The lowest BCUT2D eigenvalue weighted by atomic mass is 10.1. The Morgan fingerprint density at radius 2 is 1.62 bits per heavy atom. The van der Waals surface area contributed by atoms with E-state index in [9.17, 15) is 9.59 Å². The number of carbonyl (C=O) groups excluding carboxylic acids is 2. The molecule has 2 amide bonds. The van der Waals surface area contributed by atoms with E-state index in [4.69, 9.17) is 4.74 Å². The first-order valence-electron chi connectivity index (χ1n) is 8.79. The molecule has 3 rings (SSSR count). The lowest BCUT2D eigenvalue weighted by Gasteiger charge is -2.30. The molecule has 0 saturated carbocycles.